The van der Waals surface area contributed by atoms with Crippen molar-refractivity contribution in [3.8, 4) is 0 Å². The fourth-order valence-corrected chi connectivity index (χ4v) is 3.20. The highest BCUT2D eigenvalue weighted by Gasteiger charge is 2.13. The zero-order valence-corrected chi connectivity index (χ0v) is 13.1. The van der Waals surface area contributed by atoms with Crippen LogP contribution in [0.25, 0.3) is 0 Å². The van der Waals surface area contributed by atoms with E-state index in [1.54, 1.807) is 0 Å². The summed E-state index contributed by atoms with van der Waals surface area (Å²) in [5, 5.41) is 3.09. The second-order valence-electron chi connectivity index (χ2n) is 6.19. The lowest BCUT2D eigenvalue weighted by Gasteiger charge is -2.17. The van der Waals surface area contributed by atoms with Gasteiger partial charge in [-0.1, -0.05) is 48.5 Å². The lowest BCUT2D eigenvalue weighted by atomic mass is 9.90. The molecule has 0 aliphatic heterocycles. The van der Waals surface area contributed by atoms with Gasteiger partial charge in [-0.2, -0.15) is 0 Å². The van der Waals surface area contributed by atoms with E-state index in [-0.39, 0.29) is 11.9 Å². The molecule has 2 aromatic carbocycles. The molecule has 22 heavy (non-hydrogen) atoms. The largest absolute Gasteiger partial charge is 0.349 e. The van der Waals surface area contributed by atoms with E-state index in [0.29, 0.717) is 6.42 Å². The van der Waals surface area contributed by atoms with Gasteiger partial charge < -0.3 is 5.32 Å². The van der Waals surface area contributed by atoms with Gasteiger partial charge >= 0.3 is 0 Å². The standard InChI is InChI=1S/C20H23NO/c1-15(17-7-3-2-4-8-17)21-20(22)14-16-11-12-18-9-5-6-10-19(18)13-16/h2-4,7-8,11-13,15H,5-6,9-10,14H2,1H3,(H,21,22)/t15-/m0/s1. The van der Waals surface area contributed by atoms with Crippen molar-refractivity contribution in [2.24, 2.45) is 0 Å². The average Bonchev–Trinajstić information content (AvgIpc) is 2.55. The summed E-state index contributed by atoms with van der Waals surface area (Å²) in [6.45, 7) is 2.03. The Morgan fingerprint density at radius 1 is 1.05 bits per heavy atom. The number of aryl methyl sites for hydroxylation is 2. The van der Waals surface area contributed by atoms with Gasteiger partial charge in [-0.15, -0.1) is 0 Å². The van der Waals surface area contributed by atoms with Gasteiger partial charge in [0, 0.05) is 0 Å². The maximum Gasteiger partial charge on any atom is 0.224 e. The third kappa shape index (κ3) is 3.56. The van der Waals surface area contributed by atoms with Crippen LogP contribution in [-0.4, -0.2) is 5.91 Å². The van der Waals surface area contributed by atoms with E-state index in [1.165, 1.54) is 30.4 Å². The van der Waals surface area contributed by atoms with E-state index in [0.717, 1.165) is 17.5 Å². The first-order chi connectivity index (χ1) is 10.7. The Morgan fingerprint density at radius 3 is 2.55 bits per heavy atom. The molecular formula is C20H23NO. The molecule has 0 radical (unpaired) electrons. The van der Waals surface area contributed by atoms with Crippen LogP contribution in [0.3, 0.4) is 0 Å². The molecule has 3 rings (SSSR count). The van der Waals surface area contributed by atoms with Crippen molar-refractivity contribution >= 4 is 5.91 Å². The summed E-state index contributed by atoms with van der Waals surface area (Å²) in [5.74, 6) is 0.0899. The lowest BCUT2D eigenvalue weighted by molar-refractivity contribution is -0.121. The fraction of sp³-hybridized carbons (Fsp3) is 0.350. The van der Waals surface area contributed by atoms with Crippen molar-refractivity contribution in [2.45, 2.75) is 45.1 Å². The molecule has 2 heteroatoms. The van der Waals surface area contributed by atoms with Crippen LogP contribution in [-0.2, 0) is 24.1 Å². The average molecular weight is 293 g/mol. The summed E-state index contributed by atoms with van der Waals surface area (Å²) in [7, 11) is 0. The molecule has 0 aromatic heterocycles. The maximum absolute atomic E-state index is 12.3. The van der Waals surface area contributed by atoms with E-state index in [4.69, 9.17) is 0 Å². The van der Waals surface area contributed by atoms with Gasteiger partial charge in [-0.3, -0.25) is 4.79 Å². The molecule has 0 unspecified atom stereocenters. The smallest absolute Gasteiger partial charge is 0.224 e. The Labute approximate surface area is 132 Å². The molecule has 0 fully saturated rings. The van der Waals surface area contributed by atoms with Crippen LogP contribution in [0.2, 0.25) is 0 Å². The zero-order valence-electron chi connectivity index (χ0n) is 13.1. The van der Waals surface area contributed by atoms with Crippen LogP contribution in [0.4, 0.5) is 0 Å². The Balaban J connectivity index is 1.62. The van der Waals surface area contributed by atoms with E-state index in [2.05, 4.69) is 23.5 Å². The molecule has 114 valence electrons. The minimum Gasteiger partial charge on any atom is -0.349 e. The van der Waals surface area contributed by atoms with Crippen LogP contribution in [0.5, 0.6) is 0 Å². The summed E-state index contributed by atoms with van der Waals surface area (Å²) < 4.78 is 0. The number of carbonyl (C=O) groups excluding carboxylic acids is 1. The molecule has 1 amide bonds. The van der Waals surface area contributed by atoms with Crippen LogP contribution >= 0.6 is 0 Å². The number of rotatable bonds is 4. The SMILES string of the molecule is C[C@H](NC(=O)Cc1ccc2c(c1)CCCC2)c1ccccc1. The molecule has 2 nitrogen and oxygen atoms in total. The summed E-state index contributed by atoms with van der Waals surface area (Å²) >= 11 is 0. The predicted molar refractivity (Wildman–Crippen MR) is 89.8 cm³/mol. The van der Waals surface area contributed by atoms with Gasteiger partial charge in [0.15, 0.2) is 0 Å². The highest BCUT2D eigenvalue weighted by Crippen LogP contribution is 2.22. The molecule has 1 atom stereocenters. The molecule has 0 heterocycles. The predicted octanol–water partition coefficient (Wildman–Crippen LogP) is 3.99. The summed E-state index contributed by atoms with van der Waals surface area (Å²) in [5.41, 5.74) is 5.17. The highest BCUT2D eigenvalue weighted by atomic mass is 16.1. The minimum atomic E-state index is 0.0475. The van der Waals surface area contributed by atoms with Crippen molar-refractivity contribution in [3.05, 3.63) is 70.8 Å². The van der Waals surface area contributed by atoms with Crippen molar-refractivity contribution < 1.29 is 4.79 Å². The second-order valence-corrected chi connectivity index (χ2v) is 6.19. The number of hydrogen-bond donors (Lipinski definition) is 1. The maximum atomic E-state index is 12.3. The van der Waals surface area contributed by atoms with Crippen LogP contribution < -0.4 is 5.32 Å². The molecule has 0 saturated carbocycles. The third-order valence-electron chi connectivity index (χ3n) is 4.45. The highest BCUT2D eigenvalue weighted by molar-refractivity contribution is 5.79. The number of nitrogens with one attached hydrogen (secondary N) is 1. The van der Waals surface area contributed by atoms with Gasteiger partial charge in [-0.05, 0) is 54.9 Å². The Morgan fingerprint density at radius 2 is 1.77 bits per heavy atom. The van der Waals surface area contributed by atoms with Gasteiger partial charge in [0.25, 0.3) is 0 Å². The minimum absolute atomic E-state index is 0.0475. The number of hydrogen-bond acceptors (Lipinski definition) is 1. The van der Waals surface area contributed by atoms with E-state index < -0.39 is 0 Å². The number of carbonyl (C=O) groups is 1. The number of amides is 1. The van der Waals surface area contributed by atoms with Crippen LogP contribution in [0.15, 0.2) is 48.5 Å². The lowest BCUT2D eigenvalue weighted by Crippen LogP contribution is -2.28. The van der Waals surface area contributed by atoms with Crippen LogP contribution in [0, 0.1) is 0 Å². The molecule has 0 bridgehead atoms. The summed E-state index contributed by atoms with van der Waals surface area (Å²) in [6.07, 6.45) is 5.37. The Bertz CT molecular complexity index is 648. The first-order valence-electron chi connectivity index (χ1n) is 8.17. The normalized spacial score (nSPS) is 15.0. The second kappa shape index (κ2) is 6.78. The van der Waals surface area contributed by atoms with Crippen molar-refractivity contribution in [3.63, 3.8) is 0 Å². The number of fused-ring (bicyclic) bond motifs is 1. The monoisotopic (exact) mass is 293 g/mol. The van der Waals surface area contributed by atoms with Gasteiger partial charge in [0.05, 0.1) is 12.5 Å². The first kappa shape index (κ1) is 14.8. The molecule has 2 aromatic rings. The van der Waals surface area contributed by atoms with Crippen molar-refractivity contribution in [1.82, 2.24) is 5.32 Å². The fourth-order valence-electron chi connectivity index (χ4n) is 3.20. The van der Waals surface area contributed by atoms with Crippen molar-refractivity contribution in [2.75, 3.05) is 0 Å². The van der Waals surface area contributed by atoms with Gasteiger partial charge in [0.1, 0.15) is 0 Å². The molecule has 0 saturated heterocycles. The van der Waals surface area contributed by atoms with Gasteiger partial charge in [-0.25, -0.2) is 0 Å². The Kier molecular flexibility index (Phi) is 4.57. The molecule has 1 N–H and O–H groups in total. The zero-order chi connectivity index (χ0) is 15.4. The molecule has 1 aliphatic carbocycles. The van der Waals surface area contributed by atoms with Crippen LogP contribution in [0.1, 0.15) is 48.1 Å². The molecule has 1 aliphatic rings. The topological polar surface area (TPSA) is 29.1 Å². The number of benzene rings is 2. The summed E-state index contributed by atoms with van der Waals surface area (Å²) in [4.78, 5) is 12.3. The first-order valence-corrected chi connectivity index (χ1v) is 8.17. The van der Waals surface area contributed by atoms with E-state index >= 15 is 0 Å². The van der Waals surface area contributed by atoms with Gasteiger partial charge in [0.2, 0.25) is 5.91 Å². The summed E-state index contributed by atoms with van der Waals surface area (Å²) in [6, 6.07) is 16.7. The molecule has 0 spiro atoms. The van der Waals surface area contributed by atoms with Crippen molar-refractivity contribution in [1.29, 1.82) is 0 Å². The Hall–Kier alpha value is -2.09. The van der Waals surface area contributed by atoms with E-state index in [1.807, 2.05) is 37.3 Å². The van der Waals surface area contributed by atoms with E-state index in [9.17, 15) is 4.79 Å². The quantitative estimate of drug-likeness (QED) is 0.907. The third-order valence-corrected chi connectivity index (χ3v) is 4.45. The molecular weight excluding hydrogens is 270 g/mol.